The molecule has 3 aromatic carbocycles. The maximum absolute atomic E-state index is 12.4. The quantitative estimate of drug-likeness (QED) is 0.417. The van der Waals surface area contributed by atoms with Crippen LogP contribution in [-0.2, 0) is 0 Å². The fourth-order valence-electron chi connectivity index (χ4n) is 3.92. The molecule has 3 aromatic rings. The Morgan fingerprint density at radius 3 is 2.48 bits per heavy atom. The van der Waals surface area contributed by atoms with Gasteiger partial charge in [0.25, 0.3) is 0 Å². The Hall–Kier alpha value is -3.16. The van der Waals surface area contributed by atoms with E-state index in [0.717, 1.165) is 44.0 Å². The van der Waals surface area contributed by atoms with E-state index in [0.29, 0.717) is 5.84 Å². The molecule has 1 N–H and O–H groups in total. The molecule has 2 aliphatic heterocycles. The lowest BCUT2D eigenvalue weighted by molar-refractivity contribution is -0.568. The summed E-state index contributed by atoms with van der Waals surface area (Å²) in [6, 6.07) is 26.2. The lowest BCUT2D eigenvalue weighted by Crippen LogP contribution is -2.29. The molecule has 1 fully saturated rings. The highest BCUT2D eigenvalue weighted by atomic mass is 79.9. The first-order chi connectivity index (χ1) is 16.1. The standard InChI is InChI=1S/C26H20BrN3O2S/c1-32-21-13-9-19(10-14-21)23-16-22(18-5-3-2-4-6-18)29-30(23)25-24(33-26(31)28-25)15-17-7-11-20(27)12-8-17/h2-15,23H,16H2,1H3/p+1/b24-15-/t23-/m1/s1. The van der Waals surface area contributed by atoms with Crippen LogP contribution in [0.15, 0.2) is 93.3 Å². The molecule has 0 radical (unpaired) electrons. The van der Waals surface area contributed by atoms with E-state index >= 15 is 0 Å². The van der Waals surface area contributed by atoms with Crippen molar-refractivity contribution in [2.75, 3.05) is 7.11 Å². The molecule has 7 heteroatoms. The van der Waals surface area contributed by atoms with Gasteiger partial charge in [0.15, 0.2) is 6.04 Å². The van der Waals surface area contributed by atoms with Crippen LogP contribution in [0.3, 0.4) is 0 Å². The Morgan fingerprint density at radius 1 is 1.06 bits per heavy atom. The monoisotopic (exact) mass is 518 g/mol. The molecule has 1 saturated heterocycles. The zero-order valence-corrected chi connectivity index (χ0v) is 20.3. The molecule has 2 aliphatic rings. The first-order valence-electron chi connectivity index (χ1n) is 10.5. The normalized spacial score (nSPS) is 21.3. The number of ether oxygens (including phenoxy) is 1. The molecular formula is C26H21BrN3O2S+. The number of carbonyl (C=O) groups is 1. The van der Waals surface area contributed by atoms with Gasteiger partial charge in [-0.2, -0.15) is 5.32 Å². The van der Waals surface area contributed by atoms with E-state index in [1.165, 1.54) is 11.8 Å². The summed E-state index contributed by atoms with van der Waals surface area (Å²) in [7, 11) is 1.66. The van der Waals surface area contributed by atoms with Crippen molar-refractivity contribution in [2.24, 2.45) is 5.10 Å². The van der Waals surface area contributed by atoms with E-state index in [9.17, 15) is 4.79 Å². The van der Waals surface area contributed by atoms with Gasteiger partial charge in [0.1, 0.15) is 10.7 Å². The van der Waals surface area contributed by atoms with E-state index in [-0.39, 0.29) is 11.3 Å². The van der Waals surface area contributed by atoms with Gasteiger partial charge < -0.3 is 4.74 Å². The summed E-state index contributed by atoms with van der Waals surface area (Å²) < 4.78 is 8.30. The van der Waals surface area contributed by atoms with Gasteiger partial charge in [-0.15, -0.1) is 4.68 Å². The average Bonchev–Trinajstić information content (AvgIpc) is 3.44. The molecule has 0 aliphatic carbocycles. The van der Waals surface area contributed by atoms with Crippen molar-refractivity contribution in [3.05, 3.63) is 105 Å². The first-order valence-corrected chi connectivity index (χ1v) is 12.1. The lowest BCUT2D eigenvalue weighted by Gasteiger charge is -2.11. The van der Waals surface area contributed by atoms with Gasteiger partial charge in [0.2, 0.25) is 0 Å². The summed E-state index contributed by atoms with van der Waals surface area (Å²) in [4.78, 5) is 13.3. The van der Waals surface area contributed by atoms with Crippen LogP contribution in [0.1, 0.15) is 29.2 Å². The Kier molecular flexibility index (Phi) is 6.15. The van der Waals surface area contributed by atoms with Gasteiger partial charge in [-0.25, -0.2) is 4.79 Å². The second-order valence-corrected chi connectivity index (χ2v) is 9.60. The third-order valence-electron chi connectivity index (χ3n) is 5.57. The molecular weight excluding hydrogens is 498 g/mol. The minimum atomic E-state index is -0.106. The Morgan fingerprint density at radius 2 is 1.79 bits per heavy atom. The number of hydrogen-bond acceptors (Lipinski definition) is 4. The highest BCUT2D eigenvalue weighted by molar-refractivity contribution is 9.10. The Labute approximate surface area is 205 Å². The minimum Gasteiger partial charge on any atom is -0.497 e. The number of amides is 1. The molecule has 5 rings (SSSR count). The lowest BCUT2D eigenvalue weighted by atomic mass is 9.99. The van der Waals surface area contributed by atoms with E-state index < -0.39 is 0 Å². The van der Waals surface area contributed by atoms with Crippen molar-refractivity contribution in [1.29, 1.82) is 0 Å². The van der Waals surface area contributed by atoms with Gasteiger partial charge >= 0.3 is 11.1 Å². The number of hydrogen-bond donors (Lipinski definition) is 1. The number of halogens is 1. The van der Waals surface area contributed by atoms with Crippen molar-refractivity contribution in [1.82, 2.24) is 5.32 Å². The van der Waals surface area contributed by atoms with Crippen molar-refractivity contribution in [3.63, 3.8) is 0 Å². The number of nitrogens with zero attached hydrogens (tertiary/aromatic N) is 2. The fraction of sp³-hybridized carbons (Fsp3) is 0.115. The van der Waals surface area contributed by atoms with Gasteiger partial charge in [-0.3, -0.25) is 0 Å². The molecule has 5 nitrogen and oxygen atoms in total. The Bertz CT molecular complexity index is 1280. The predicted molar refractivity (Wildman–Crippen MR) is 137 cm³/mol. The maximum atomic E-state index is 12.4. The second-order valence-electron chi connectivity index (χ2n) is 7.67. The van der Waals surface area contributed by atoms with E-state index in [1.807, 2.05) is 65.4 Å². The number of rotatable bonds is 4. The van der Waals surface area contributed by atoms with Crippen molar-refractivity contribution >= 4 is 50.6 Å². The number of thioether (sulfide) groups is 1. The summed E-state index contributed by atoms with van der Waals surface area (Å²) >= 11 is 4.66. The first kappa shape index (κ1) is 21.7. The van der Waals surface area contributed by atoms with E-state index in [2.05, 4.69) is 45.5 Å². The molecule has 2 heterocycles. The summed E-state index contributed by atoms with van der Waals surface area (Å²) in [5, 5.41) is 7.91. The van der Waals surface area contributed by atoms with Crippen molar-refractivity contribution < 1.29 is 14.2 Å². The molecule has 1 atom stereocenters. The van der Waals surface area contributed by atoms with Gasteiger partial charge in [-0.05, 0) is 47.0 Å². The third-order valence-corrected chi connectivity index (χ3v) is 6.92. The highest BCUT2D eigenvalue weighted by Crippen LogP contribution is 2.35. The zero-order chi connectivity index (χ0) is 22.8. The van der Waals surface area contributed by atoms with Crippen molar-refractivity contribution in [3.8, 4) is 5.75 Å². The van der Waals surface area contributed by atoms with Crippen LogP contribution in [0.4, 0.5) is 4.79 Å². The van der Waals surface area contributed by atoms with Crippen LogP contribution >= 0.6 is 27.7 Å². The van der Waals surface area contributed by atoms with Crippen LogP contribution in [-0.4, -0.2) is 28.6 Å². The largest absolute Gasteiger partial charge is 0.497 e. The van der Waals surface area contributed by atoms with E-state index in [4.69, 9.17) is 9.84 Å². The van der Waals surface area contributed by atoms with Crippen LogP contribution in [0, 0.1) is 0 Å². The molecule has 164 valence electrons. The minimum absolute atomic E-state index is 0.0477. The molecule has 1 amide bonds. The molecule has 0 aromatic heterocycles. The molecule has 33 heavy (non-hydrogen) atoms. The zero-order valence-electron chi connectivity index (χ0n) is 17.9. The smallest absolute Gasteiger partial charge is 0.372 e. The Balaban J connectivity index is 1.62. The predicted octanol–water partition coefficient (Wildman–Crippen LogP) is 6.22. The summed E-state index contributed by atoms with van der Waals surface area (Å²) in [5.41, 5.74) is 4.18. The highest BCUT2D eigenvalue weighted by Gasteiger charge is 2.40. The summed E-state index contributed by atoms with van der Waals surface area (Å²) in [5.74, 6) is 1.51. The SMILES string of the molecule is COc1ccc([C@H]2CC(c3ccccc3)=N/[N+]2=C2/NC(=O)S/C2=C\c2ccc(Br)cc2)cc1. The number of nitrogens with one attached hydrogen (secondary N) is 1. The van der Waals surface area contributed by atoms with Gasteiger partial charge in [0.05, 0.1) is 12.8 Å². The van der Waals surface area contributed by atoms with Crippen LogP contribution in [0.5, 0.6) is 5.75 Å². The number of benzene rings is 3. The van der Waals surface area contributed by atoms with Crippen LogP contribution in [0.2, 0.25) is 0 Å². The average molecular weight is 519 g/mol. The van der Waals surface area contributed by atoms with Crippen LogP contribution in [0.25, 0.3) is 6.08 Å². The number of carbonyl (C=O) groups excluding carboxylic acids is 1. The second kappa shape index (κ2) is 9.37. The molecule has 0 unspecified atom stereocenters. The van der Waals surface area contributed by atoms with Crippen molar-refractivity contribution in [2.45, 2.75) is 12.5 Å². The number of methoxy groups -OCH3 is 1. The third kappa shape index (κ3) is 4.65. The fourth-order valence-corrected chi connectivity index (χ4v) is 4.97. The summed E-state index contributed by atoms with van der Waals surface area (Å²) in [6.45, 7) is 0. The topological polar surface area (TPSA) is 53.7 Å². The summed E-state index contributed by atoms with van der Waals surface area (Å²) in [6.07, 6.45) is 2.75. The molecule has 0 bridgehead atoms. The van der Waals surface area contributed by atoms with Gasteiger partial charge in [-0.1, -0.05) is 75.6 Å². The molecule has 0 saturated carbocycles. The number of hydrazone groups is 1. The van der Waals surface area contributed by atoms with Gasteiger partial charge in [0, 0.05) is 22.7 Å². The number of amidine groups is 1. The molecule has 0 spiro atoms. The van der Waals surface area contributed by atoms with E-state index in [1.54, 1.807) is 7.11 Å². The maximum Gasteiger partial charge on any atom is 0.372 e. The van der Waals surface area contributed by atoms with Crippen LogP contribution < -0.4 is 10.1 Å².